The van der Waals surface area contributed by atoms with Crippen LogP contribution in [-0.2, 0) is 16.4 Å². The van der Waals surface area contributed by atoms with Gasteiger partial charge < -0.3 is 9.63 Å². The summed E-state index contributed by atoms with van der Waals surface area (Å²) in [5.74, 6) is 0.0916. The van der Waals surface area contributed by atoms with Gasteiger partial charge in [-0.15, -0.1) is 0 Å². The lowest BCUT2D eigenvalue weighted by Crippen LogP contribution is -2.38. The molecule has 0 aliphatic heterocycles. The zero-order valence-electron chi connectivity index (χ0n) is 19.1. The molecule has 3 aromatic rings. The number of rotatable bonds is 7. The van der Waals surface area contributed by atoms with Gasteiger partial charge in [-0.05, 0) is 49.9 Å². The van der Waals surface area contributed by atoms with E-state index < -0.39 is 10.0 Å². The number of aromatic nitrogens is 3. The number of sulfonamides is 1. The van der Waals surface area contributed by atoms with E-state index in [1.165, 1.54) is 33.8 Å². The first kappa shape index (κ1) is 22.9. The number of nitrogens with zero attached hydrogens (tertiary/aromatic N) is 4. The second-order valence-electron chi connectivity index (χ2n) is 8.96. The van der Waals surface area contributed by atoms with Crippen LogP contribution in [0.3, 0.4) is 0 Å². The number of halogens is 1. The molecule has 0 bridgehead atoms. The Kier molecular flexibility index (Phi) is 5.91. The van der Waals surface area contributed by atoms with Crippen molar-refractivity contribution in [3.63, 3.8) is 0 Å². The maximum atomic E-state index is 13.4. The molecular formula is C24H27FN4O4S. The summed E-state index contributed by atoms with van der Waals surface area (Å²) in [5.41, 5.74) is 5.61. The van der Waals surface area contributed by atoms with E-state index in [1.807, 2.05) is 10.9 Å². The first-order valence-corrected chi connectivity index (χ1v) is 12.8. The third-order valence-corrected chi connectivity index (χ3v) is 8.99. The molecule has 5 rings (SSSR count). The number of benzene rings is 1. The highest BCUT2D eigenvalue weighted by atomic mass is 32.2. The minimum absolute atomic E-state index is 0.00813. The molecular weight excluding hydrogens is 459 g/mol. The molecule has 2 atom stereocenters. The van der Waals surface area contributed by atoms with E-state index in [2.05, 4.69) is 17.2 Å². The number of aliphatic hydroxyl groups is 1. The van der Waals surface area contributed by atoms with Crippen LogP contribution in [0, 0.1) is 18.7 Å². The summed E-state index contributed by atoms with van der Waals surface area (Å²) in [6.45, 7) is 3.73. The van der Waals surface area contributed by atoms with Crippen LogP contribution in [0.2, 0.25) is 0 Å². The van der Waals surface area contributed by atoms with E-state index >= 15 is 0 Å². The maximum Gasteiger partial charge on any atom is 0.248 e. The summed E-state index contributed by atoms with van der Waals surface area (Å²) >= 11 is 0. The van der Waals surface area contributed by atoms with Crippen LogP contribution in [0.15, 0.2) is 57.2 Å². The van der Waals surface area contributed by atoms with Gasteiger partial charge in [-0.2, -0.15) is 9.40 Å². The maximum absolute atomic E-state index is 13.4. The third-order valence-electron chi connectivity index (χ3n) is 7.03. The molecule has 8 nitrogen and oxygen atoms in total. The van der Waals surface area contributed by atoms with Crippen LogP contribution in [-0.4, -0.2) is 52.5 Å². The van der Waals surface area contributed by atoms with Crippen molar-refractivity contribution in [2.45, 2.75) is 43.9 Å². The highest BCUT2D eigenvalue weighted by Gasteiger charge is 2.39. The van der Waals surface area contributed by atoms with Gasteiger partial charge in [0.15, 0.2) is 5.76 Å². The van der Waals surface area contributed by atoms with Crippen LogP contribution in [0.4, 0.5) is 4.39 Å². The summed E-state index contributed by atoms with van der Waals surface area (Å²) in [6.07, 6.45) is 5.56. The average Bonchev–Trinajstić information content (AvgIpc) is 3.53. The van der Waals surface area contributed by atoms with Crippen molar-refractivity contribution in [1.82, 2.24) is 19.2 Å². The highest BCUT2D eigenvalue weighted by molar-refractivity contribution is 7.89. The van der Waals surface area contributed by atoms with Crippen molar-refractivity contribution >= 4 is 10.0 Å². The van der Waals surface area contributed by atoms with Gasteiger partial charge in [0.2, 0.25) is 10.0 Å². The van der Waals surface area contributed by atoms with E-state index in [1.54, 1.807) is 19.1 Å². The normalized spacial score (nSPS) is 20.1. The summed E-state index contributed by atoms with van der Waals surface area (Å²) in [7, 11) is -3.84. The second kappa shape index (κ2) is 8.75. The number of aryl methyl sites for hydroxylation is 1. The van der Waals surface area contributed by atoms with Crippen molar-refractivity contribution in [1.29, 1.82) is 0 Å². The van der Waals surface area contributed by atoms with Crippen molar-refractivity contribution in [3.05, 3.63) is 70.6 Å². The standard InChI is InChI=1S/C24H27FN4O4S/c1-15-21-12-26-29(20-7-5-19(25)6-8-20)22(21)11-17-3-4-18(24(15)17)14-28(9-10-30)34(31,32)23-13-27-33-16(23)2/h5-8,12-13,15,18,30H,3-4,9-11,14H2,1-2H3/t15-,18+/m0/s1. The number of hydrogen-bond acceptors (Lipinski definition) is 6. The Morgan fingerprint density at radius 2 is 2.03 bits per heavy atom. The fraction of sp³-hybridized carbons (Fsp3) is 0.417. The lowest BCUT2D eigenvalue weighted by molar-refractivity contribution is 0.243. The zero-order chi connectivity index (χ0) is 24.0. The quantitative estimate of drug-likeness (QED) is 0.514. The Hall–Kier alpha value is -2.82. The minimum Gasteiger partial charge on any atom is -0.395 e. The van der Waals surface area contributed by atoms with Crippen LogP contribution >= 0.6 is 0 Å². The van der Waals surface area contributed by atoms with Crippen molar-refractivity contribution in [3.8, 4) is 5.69 Å². The Labute approximate surface area is 197 Å². The molecule has 2 aromatic heterocycles. The number of fused-ring (bicyclic) bond motifs is 1. The lowest BCUT2D eigenvalue weighted by Gasteiger charge is -2.30. The van der Waals surface area contributed by atoms with Crippen LogP contribution < -0.4 is 0 Å². The van der Waals surface area contributed by atoms with E-state index in [-0.39, 0.29) is 48.0 Å². The summed E-state index contributed by atoms with van der Waals surface area (Å²) in [5, 5.41) is 17.8. The monoisotopic (exact) mass is 486 g/mol. The predicted molar refractivity (Wildman–Crippen MR) is 122 cm³/mol. The van der Waals surface area contributed by atoms with Crippen LogP contribution in [0.1, 0.15) is 42.7 Å². The minimum atomic E-state index is -3.84. The van der Waals surface area contributed by atoms with Crippen molar-refractivity contribution < 1.29 is 22.4 Å². The molecule has 2 heterocycles. The fourth-order valence-corrected chi connectivity index (χ4v) is 6.97. The molecule has 0 radical (unpaired) electrons. The van der Waals surface area contributed by atoms with Gasteiger partial charge in [0.05, 0.1) is 30.4 Å². The Morgan fingerprint density at radius 1 is 1.26 bits per heavy atom. The van der Waals surface area contributed by atoms with Gasteiger partial charge in [-0.25, -0.2) is 17.5 Å². The molecule has 180 valence electrons. The largest absolute Gasteiger partial charge is 0.395 e. The smallest absolute Gasteiger partial charge is 0.248 e. The molecule has 0 fully saturated rings. The Balaban J connectivity index is 1.43. The Bertz CT molecular complexity index is 1340. The van der Waals surface area contributed by atoms with Crippen LogP contribution in [0.25, 0.3) is 5.69 Å². The molecule has 1 N–H and O–H groups in total. The zero-order valence-corrected chi connectivity index (χ0v) is 19.9. The summed E-state index contributed by atoms with van der Waals surface area (Å²) in [6, 6.07) is 6.30. The molecule has 0 amide bonds. The molecule has 0 saturated carbocycles. The number of aliphatic hydroxyl groups excluding tert-OH is 1. The fourth-order valence-electron chi connectivity index (χ4n) is 5.42. The van der Waals surface area contributed by atoms with Gasteiger partial charge in [0.1, 0.15) is 10.7 Å². The van der Waals surface area contributed by atoms with E-state index in [4.69, 9.17) is 4.52 Å². The lowest BCUT2D eigenvalue weighted by atomic mass is 9.80. The molecule has 0 spiro atoms. The van der Waals surface area contributed by atoms with Gasteiger partial charge in [0, 0.05) is 31.0 Å². The summed E-state index contributed by atoms with van der Waals surface area (Å²) < 4.78 is 48.1. The van der Waals surface area contributed by atoms with E-state index in [0.717, 1.165) is 36.2 Å². The molecule has 2 aliphatic rings. The van der Waals surface area contributed by atoms with Gasteiger partial charge in [-0.1, -0.05) is 23.2 Å². The van der Waals surface area contributed by atoms with Crippen LogP contribution in [0.5, 0.6) is 0 Å². The first-order valence-electron chi connectivity index (χ1n) is 11.4. The third kappa shape index (κ3) is 3.79. The van der Waals surface area contributed by atoms with Gasteiger partial charge >= 0.3 is 0 Å². The number of allylic oxidation sites excluding steroid dienone is 1. The second-order valence-corrected chi connectivity index (χ2v) is 10.9. The van der Waals surface area contributed by atoms with Crippen molar-refractivity contribution in [2.75, 3.05) is 19.7 Å². The SMILES string of the molecule is Cc1oncc1S(=O)(=O)N(CCO)C[C@H]1CCC2=C1[C@@H](C)c1cnn(-c3ccc(F)cc3)c1C2. The molecule has 2 aliphatic carbocycles. The molecule has 34 heavy (non-hydrogen) atoms. The molecule has 0 unspecified atom stereocenters. The molecule has 10 heteroatoms. The molecule has 1 aromatic carbocycles. The predicted octanol–water partition coefficient (Wildman–Crippen LogP) is 3.36. The summed E-state index contributed by atoms with van der Waals surface area (Å²) in [4.78, 5) is 0.0349. The van der Waals surface area contributed by atoms with E-state index in [0.29, 0.717) is 0 Å². The number of hydrogen-bond donors (Lipinski definition) is 1. The van der Waals surface area contributed by atoms with Crippen molar-refractivity contribution in [2.24, 2.45) is 5.92 Å². The van der Waals surface area contributed by atoms with Gasteiger partial charge in [0.25, 0.3) is 0 Å². The first-order chi connectivity index (χ1) is 16.3. The Morgan fingerprint density at radius 3 is 2.71 bits per heavy atom. The molecule has 0 saturated heterocycles. The average molecular weight is 487 g/mol. The van der Waals surface area contributed by atoms with E-state index in [9.17, 15) is 17.9 Å². The van der Waals surface area contributed by atoms with Gasteiger partial charge in [-0.3, -0.25) is 0 Å². The highest BCUT2D eigenvalue weighted by Crippen LogP contribution is 2.47. The topological polar surface area (TPSA) is 101 Å².